The van der Waals surface area contributed by atoms with E-state index in [0.29, 0.717) is 40.6 Å². The highest BCUT2D eigenvalue weighted by Gasteiger charge is 2.62. The van der Waals surface area contributed by atoms with Crippen molar-refractivity contribution < 1.29 is 23.4 Å². The molecular weight excluding hydrogens is 421 g/mol. The molecule has 0 fully saturated rings. The maximum atomic E-state index is 14.3. The lowest BCUT2D eigenvalue weighted by Gasteiger charge is -2.46. The number of fused-ring (bicyclic) bond motifs is 2. The van der Waals surface area contributed by atoms with Gasteiger partial charge in [0.25, 0.3) is 0 Å². The lowest BCUT2D eigenvalue weighted by atomic mass is 9.68. The first-order valence-electron chi connectivity index (χ1n) is 10.6. The largest absolute Gasteiger partial charge is 0.507 e. The molecule has 0 spiro atoms. The zero-order chi connectivity index (χ0) is 23.3. The SMILES string of the molecule is CCc1ccc2c(c1O)[C@H](CC)C[C@@](O)(C(F)(F)F)[C@H]2Nc1cccc2[nH]c(=O)ccc12. The molecule has 1 aliphatic carbocycles. The highest BCUT2D eigenvalue weighted by molar-refractivity contribution is 5.91. The predicted molar refractivity (Wildman–Crippen MR) is 117 cm³/mol. The summed E-state index contributed by atoms with van der Waals surface area (Å²) in [5.74, 6) is -0.653. The Hall–Kier alpha value is -3.00. The number of phenolic OH excluding ortho intramolecular Hbond substituents is 1. The minimum Gasteiger partial charge on any atom is -0.507 e. The van der Waals surface area contributed by atoms with Gasteiger partial charge in [0.05, 0.1) is 11.6 Å². The lowest BCUT2D eigenvalue weighted by molar-refractivity contribution is -0.272. The number of aromatic nitrogens is 1. The normalized spacial score (nSPS) is 23.2. The van der Waals surface area contributed by atoms with Crippen molar-refractivity contribution in [3.8, 4) is 5.75 Å². The van der Waals surface area contributed by atoms with Crippen LogP contribution in [-0.2, 0) is 6.42 Å². The fourth-order valence-electron chi connectivity index (χ4n) is 4.78. The summed E-state index contributed by atoms with van der Waals surface area (Å²) in [5.41, 5.74) is -1.25. The Morgan fingerprint density at radius 3 is 2.56 bits per heavy atom. The maximum absolute atomic E-state index is 14.3. The number of aryl methyl sites for hydroxylation is 1. The summed E-state index contributed by atoms with van der Waals surface area (Å²) in [6.07, 6.45) is -4.60. The molecule has 32 heavy (non-hydrogen) atoms. The molecule has 0 saturated carbocycles. The van der Waals surface area contributed by atoms with Crippen molar-refractivity contribution in [2.75, 3.05) is 5.32 Å². The van der Waals surface area contributed by atoms with E-state index < -0.39 is 30.2 Å². The van der Waals surface area contributed by atoms with Gasteiger partial charge in [0.15, 0.2) is 5.60 Å². The molecule has 0 bridgehead atoms. The third kappa shape index (κ3) is 3.43. The Bertz CT molecular complexity index is 1220. The smallest absolute Gasteiger partial charge is 0.419 e. The fraction of sp³-hybridized carbons (Fsp3) is 0.375. The topological polar surface area (TPSA) is 85.3 Å². The van der Waals surface area contributed by atoms with Crippen LogP contribution in [0.3, 0.4) is 0 Å². The van der Waals surface area contributed by atoms with Crippen LogP contribution in [0.4, 0.5) is 18.9 Å². The van der Waals surface area contributed by atoms with E-state index in [2.05, 4.69) is 10.3 Å². The van der Waals surface area contributed by atoms with Gasteiger partial charge in [0.2, 0.25) is 5.56 Å². The quantitative estimate of drug-likeness (QED) is 0.447. The van der Waals surface area contributed by atoms with Crippen LogP contribution in [0.15, 0.2) is 47.3 Å². The highest BCUT2D eigenvalue weighted by atomic mass is 19.4. The van der Waals surface area contributed by atoms with Gasteiger partial charge in [-0.1, -0.05) is 32.0 Å². The number of aromatic amines is 1. The molecule has 4 rings (SSSR count). The van der Waals surface area contributed by atoms with Gasteiger partial charge < -0.3 is 20.5 Å². The molecule has 4 N–H and O–H groups in total. The summed E-state index contributed by atoms with van der Waals surface area (Å²) < 4.78 is 42.9. The number of rotatable bonds is 4. The van der Waals surface area contributed by atoms with Crippen LogP contribution in [0.5, 0.6) is 5.75 Å². The van der Waals surface area contributed by atoms with Crippen LogP contribution in [0.1, 0.15) is 55.3 Å². The first kappa shape index (κ1) is 22.2. The zero-order valence-electron chi connectivity index (χ0n) is 17.8. The zero-order valence-corrected chi connectivity index (χ0v) is 17.8. The summed E-state index contributed by atoms with van der Waals surface area (Å²) in [7, 11) is 0. The number of aliphatic hydroxyl groups is 1. The van der Waals surface area contributed by atoms with E-state index in [-0.39, 0.29) is 16.9 Å². The van der Waals surface area contributed by atoms with Crippen LogP contribution in [0, 0.1) is 0 Å². The van der Waals surface area contributed by atoms with Gasteiger partial charge in [-0.2, -0.15) is 13.2 Å². The number of benzene rings is 2. The lowest BCUT2D eigenvalue weighted by Crippen LogP contribution is -2.55. The van der Waals surface area contributed by atoms with Crippen molar-refractivity contribution in [1.29, 1.82) is 0 Å². The average Bonchev–Trinajstić information content (AvgIpc) is 2.74. The molecular formula is C24H25F3N2O3. The van der Waals surface area contributed by atoms with E-state index >= 15 is 0 Å². The van der Waals surface area contributed by atoms with Crippen molar-refractivity contribution in [3.05, 3.63) is 69.5 Å². The third-order valence-electron chi connectivity index (χ3n) is 6.52. The number of anilines is 1. The second-order valence-electron chi connectivity index (χ2n) is 8.33. The van der Waals surface area contributed by atoms with E-state index in [1.165, 1.54) is 12.1 Å². The van der Waals surface area contributed by atoms with Crippen LogP contribution >= 0.6 is 0 Å². The third-order valence-corrected chi connectivity index (χ3v) is 6.52. The average molecular weight is 446 g/mol. The Balaban J connectivity index is 1.94. The number of nitrogens with one attached hydrogen (secondary N) is 2. The van der Waals surface area contributed by atoms with Crippen molar-refractivity contribution in [2.45, 2.75) is 56.8 Å². The van der Waals surface area contributed by atoms with E-state index in [0.717, 1.165) is 0 Å². The molecule has 0 unspecified atom stereocenters. The summed E-state index contributed by atoms with van der Waals surface area (Å²) >= 11 is 0. The van der Waals surface area contributed by atoms with E-state index in [9.17, 15) is 28.2 Å². The van der Waals surface area contributed by atoms with Crippen molar-refractivity contribution in [1.82, 2.24) is 4.98 Å². The second-order valence-corrected chi connectivity index (χ2v) is 8.33. The maximum Gasteiger partial charge on any atom is 0.419 e. The molecule has 3 aromatic rings. The number of phenols is 1. The molecule has 3 atom stereocenters. The van der Waals surface area contributed by atoms with Crippen molar-refractivity contribution >= 4 is 16.6 Å². The standard InChI is InChI=1S/C24H25F3N2O3/c1-3-13-8-9-16-20(21(13)31)14(4-2)12-23(32,24(25,26)27)22(16)29-18-7-5-6-17-15(18)10-11-19(30)28-17/h5-11,14,22,29,31-32H,3-4,12H2,1-2H3,(H,28,30)/t14-,22+,23+/m1/s1. The summed E-state index contributed by atoms with van der Waals surface area (Å²) in [6, 6.07) is 9.32. The summed E-state index contributed by atoms with van der Waals surface area (Å²) in [5, 5.41) is 25.4. The second kappa shape index (κ2) is 7.85. The minimum absolute atomic E-state index is 0.00451. The van der Waals surface area contributed by atoms with Gasteiger partial charge in [-0.25, -0.2) is 0 Å². The van der Waals surface area contributed by atoms with Gasteiger partial charge in [-0.3, -0.25) is 4.79 Å². The molecule has 1 aromatic heterocycles. The number of alkyl halides is 3. The number of aromatic hydroxyl groups is 1. The van der Waals surface area contributed by atoms with Crippen LogP contribution < -0.4 is 10.9 Å². The molecule has 0 amide bonds. The number of hydrogen-bond donors (Lipinski definition) is 4. The Kier molecular flexibility index (Phi) is 5.45. The van der Waals surface area contributed by atoms with Gasteiger partial charge in [0.1, 0.15) is 5.75 Å². The Labute approximate surface area is 182 Å². The molecule has 0 radical (unpaired) electrons. The molecule has 8 heteroatoms. The Morgan fingerprint density at radius 1 is 1.16 bits per heavy atom. The summed E-state index contributed by atoms with van der Waals surface area (Å²) in [6.45, 7) is 3.61. The number of pyridine rings is 1. The predicted octanol–water partition coefficient (Wildman–Crippen LogP) is 5.14. The number of halogens is 3. The Morgan fingerprint density at radius 2 is 1.91 bits per heavy atom. The number of H-pyrrole nitrogens is 1. The van der Waals surface area contributed by atoms with Gasteiger partial charge >= 0.3 is 6.18 Å². The van der Waals surface area contributed by atoms with Crippen LogP contribution in [-0.4, -0.2) is 27.0 Å². The molecule has 0 saturated heterocycles. The minimum atomic E-state index is -4.91. The molecule has 0 aliphatic heterocycles. The first-order chi connectivity index (χ1) is 15.1. The van der Waals surface area contributed by atoms with Gasteiger partial charge in [-0.15, -0.1) is 0 Å². The monoisotopic (exact) mass is 446 g/mol. The molecule has 2 aromatic carbocycles. The molecule has 5 nitrogen and oxygen atoms in total. The van der Waals surface area contributed by atoms with E-state index in [1.807, 2.05) is 6.92 Å². The molecule has 1 aliphatic rings. The van der Waals surface area contributed by atoms with Crippen LogP contribution in [0.25, 0.3) is 10.9 Å². The summed E-state index contributed by atoms with van der Waals surface area (Å²) in [4.78, 5) is 14.3. The first-order valence-corrected chi connectivity index (χ1v) is 10.6. The molecule has 1 heterocycles. The van der Waals surface area contributed by atoms with Crippen molar-refractivity contribution in [2.24, 2.45) is 0 Å². The van der Waals surface area contributed by atoms with Gasteiger partial charge in [0, 0.05) is 22.7 Å². The van der Waals surface area contributed by atoms with Crippen LogP contribution in [0.2, 0.25) is 0 Å². The number of hydrogen-bond acceptors (Lipinski definition) is 4. The van der Waals surface area contributed by atoms with E-state index in [4.69, 9.17) is 0 Å². The van der Waals surface area contributed by atoms with E-state index in [1.54, 1.807) is 37.3 Å². The van der Waals surface area contributed by atoms with Crippen molar-refractivity contribution in [3.63, 3.8) is 0 Å². The van der Waals surface area contributed by atoms with Gasteiger partial charge in [-0.05, 0) is 54.5 Å². The molecule has 170 valence electrons. The highest BCUT2D eigenvalue weighted by Crippen LogP contribution is 2.55. The fourth-order valence-corrected chi connectivity index (χ4v) is 4.78.